The average Bonchev–Trinajstić information content (AvgIpc) is 2.78. The molecule has 1 fully saturated rings. The standard InChI is InChI=1S/C12H18N2O3/c1-12(4-3-5-17-12)10(15)6-9-7-11(16-2)14-8-13-9/h7-8,10,15H,3-6H2,1-2H3. The Morgan fingerprint density at radius 1 is 1.59 bits per heavy atom. The summed E-state index contributed by atoms with van der Waals surface area (Å²) in [5.74, 6) is 0.514. The third-order valence-electron chi connectivity index (χ3n) is 3.26. The molecule has 0 radical (unpaired) electrons. The molecule has 0 amide bonds. The van der Waals surface area contributed by atoms with Gasteiger partial charge in [0.25, 0.3) is 0 Å². The molecule has 5 nitrogen and oxygen atoms in total. The van der Waals surface area contributed by atoms with Gasteiger partial charge in [-0.2, -0.15) is 0 Å². The zero-order valence-electron chi connectivity index (χ0n) is 10.2. The first-order chi connectivity index (χ1) is 8.14. The third kappa shape index (κ3) is 2.73. The average molecular weight is 238 g/mol. The predicted molar refractivity (Wildman–Crippen MR) is 61.9 cm³/mol. The van der Waals surface area contributed by atoms with Gasteiger partial charge >= 0.3 is 0 Å². The number of hydrogen-bond donors (Lipinski definition) is 1. The van der Waals surface area contributed by atoms with Crippen LogP contribution in [0.2, 0.25) is 0 Å². The molecule has 2 unspecified atom stereocenters. The summed E-state index contributed by atoms with van der Waals surface area (Å²) < 4.78 is 10.6. The molecule has 2 atom stereocenters. The topological polar surface area (TPSA) is 64.5 Å². The molecular formula is C12H18N2O3. The van der Waals surface area contributed by atoms with Crippen LogP contribution in [0.25, 0.3) is 0 Å². The molecule has 0 saturated carbocycles. The first kappa shape index (κ1) is 12.3. The number of hydrogen-bond acceptors (Lipinski definition) is 5. The van der Waals surface area contributed by atoms with Crippen LogP contribution in [0.15, 0.2) is 12.4 Å². The van der Waals surface area contributed by atoms with Gasteiger partial charge in [-0.15, -0.1) is 0 Å². The Morgan fingerprint density at radius 2 is 2.41 bits per heavy atom. The number of methoxy groups -OCH3 is 1. The molecule has 1 aromatic rings. The third-order valence-corrected chi connectivity index (χ3v) is 3.26. The van der Waals surface area contributed by atoms with Crippen LogP contribution in [0.3, 0.4) is 0 Å². The zero-order valence-corrected chi connectivity index (χ0v) is 10.2. The minimum absolute atomic E-state index is 0.446. The van der Waals surface area contributed by atoms with Gasteiger partial charge in [0.05, 0.1) is 24.5 Å². The molecule has 0 bridgehead atoms. The lowest BCUT2D eigenvalue weighted by molar-refractivity contribution is -0.0771. The highest BCUT2D eigenvalue weighted by Crippen LogP contribution is 2.30. The van der Waals surface area contributed by atoms with Crippen molar-refractivity contribution >= 4 is 0 Å². The molecule has 0 aromatic carbocycles. The Bertz CT molecular complexity index is 378. The van der Waals surface area contributed by atoms with Crippen molar-refractivity contribution in [1.82, 2.24) is 9.97 Å². The number of aromatic nitrogens is 2. The lowest BCUT2D eigenvalue weighted by Gasteiger charge is -2.29. The lowest BCUT2D eigenvalue weighted by Crippen LogP contribution is -2.40. The molecule has 94 valence electrons. The van der Waals surface area contributed by atoms with Crippen molar-refractivity contribution < 1.29 is 14.6 Å². The van der Waals surface area contributed by atoms with Gasteiger partial charge in [-0.1, -0.05) is 0 Å². The van der Waals surface area contributed by atoms with Crippen molar-refractivity contribution in [1.29, 1.82) is 0 Å². The van der Waals surface area contributed by atoms with Gasteiger partial charge in [0.1, 0.15) is 6.33 Å². The minimum Gasteiger partial charge on any atom is -0.481 e. The number of rotatable bonds is 4. The summed E-state index contributed by atoms with van der Waals surface area (Å²) >= 11 is 0. The SMILES string of the molecule is COc1cc(CC(O)C2(C)CCCO2)ncn1. The molecule has 0 aliphatic carbocycles. The summed E-state index contributed by atoms with van der Waals surface area (Å²) in [6.45, 7) is 2.67. The Labute approximate surface area is 101 Å². The van der Waals surface area contributed by atoms with Crippen LogP contribution >= 0.6 is 0 Å². The normalized spacial score (nSPS) is 25.8. The Balaban J connectivity index is 2.04. The first-order valence-electron chi connectivity index (χ1n) is 5.81. The fourth-order valence-electron chi connectivity index (χ4n) is 2.08. The van der Waals surface area contributed by atoms with E-state index in [1.54, 1.807) is 13.2 Å². The molecule has 1 saturated heterocycles. The van der Waals surface area contributed by atoms with Crippen LogP contribution in [-0.4, -0.2) is 40.5 Å². The molecule has 0 spiro atoms. The van der Waals surface area contributed by atoms with Crippen LogP contribution < -0.4 is 4.74 Å². The largest absolute Gasteiger partial charge is 0.481 e. The Morgan fingerprint density at radius 3 is 3.06 bits per heavy atom. The molecule has 2 rings (SSSR count). The molecule has 1 aliphatic rings. The number of aliphatic hydroxyl groups is 1. The van der Waals surface area contributed by atoms with Crippen LogP contribution in [-0.2, 0) is 11.2 Å². The Hall–Kier alpha value is -1.20. The fraction of sp³-hybridized carbons (Fsp3) is 0.667. The second kappa shape index (κ2) is 4.98. The van der Waals surface area contributed by atoms with Gasteiger partial charge in [0.2, 0.25) is 5.88 Å². The van der Waals surface area contributed by atoms with Gasteiger partial charge in [-0.25, -0.2) is 9.97 Å². The van der Waals surface area contributed by atoms with E-state index in [4.69, 9.17) is 9.47 Å². The molecule has 5 heteroatoms. The maximum atomic E-state index is 10.2. The molecule has 1 aliphatic heterocycles. The van der Waals surface area contributed by atoms with E-state index < -0.39 is 11.7 Å². The second-order valence-corrected chi connectivity index (χ2v) is 4.54. The van der Waals surface area contributed by atoms with Crippen LogP contribution in [0.4, 0.5) is 0 Å². The summed E-state index contributed by atoms with van der Waals surface area (Å²) in [4.78, 5) is 8.06. The fourth-order valence-corrected chi connectivity index (χ4v) is 2.08. The van der Waals surface area contributed by atoms with Crippen LogP contribution in [0.5, 0.6) is 5.88 Å². The molecular weight excluding hydrogens is 220 g/mol. The summed E-state index contributed by atoms with van der Waals surface area (Å²) in [6.07, 6.45) is 3.23. The van der Waals surface area contributed by atoms with Gasteiger partial charge in [0, 0.05) is 19.1 Å². The second-order valence-electron chi connectivity index (χ2n) is 4.54. The number of aliphatic hydroxyl groups excluding tert-OH is 1. The van der Waals surface area contributed by atoms with E-state index in [1.807, 2.05) is 6.92 Å². The van der Waals surface area contributed by atoms with E-state index in [0.717, 1.165) is 25.1 Å². The quantitative estimate of drug-likeness (QED) is 0.846. The van der Waals surface area contributed by atoms with Gasteiger partial charge in [0.15, 0.2) is 0 Å². The Kier molecular flexibility index (Phi) is 3.59. The van der Waals surface area contributed by atoms with E-state index in [-0.39, 0.29) is 0 Å². The maximum Gasteiger partial charge on any atom is 0.216 e. The van der Waals surface area contributed by atoms with Crippen molar-refractivity contribution in [3.63, 3.8) is 0 Å². The van der Waals surface area contributed by atoms with E-state index in [1.165, 1.54) is 6.33 Å². The van der Waals surface area contributed by atoms with E-state index in [9.17, 15) is 5.11 Å². The van der Waals surface area contributed by atoms with Crippen molar-refractivity contribution in [3.8, 4) is 5.88 Å². The lowest BCUT2D eigenvalue weighted by atomic mass is 9.92. The number of nitrogens with zero attached hydrogens (tertiary/aromatic N) is 2. The zero-order chi connectivity index (χ0) is 12.3. The minimum atomic E-state index is -0.551. The molecule has 2 heterocycles. The van der Waals surface area contributed by atoms with Crippen molar-refractivity contribution in [3.05, 3.63) is 18.1 Å². The van der Waals surface area contributed by atoms with Gasteiger partial charge in [-0.05, 0) is 19.8 Å². The summed E-state index contributed by atoms with van der Waals surface area (Å²) in [6, 6.07) is 1.74. The maximum absolute atomic E-state index is 10.2. The summed E-state index contributed by atoms with van der Waals surface area (Å²) in [5, 5.41) is 10.2. The van der Waals surface area contributed by atoms with Crippen molar-refractivity contribution in [2.24, 2.45) is 0 Å². The molecule has 1 aromatic heterocycles. The highest BCUT2D eigenvalue weighted by molar-refractivity contribution is 5.14. The van der Waals surface area contributed by atoms with Crippen LogP contribution in [0.1, 0.15) is 25.5 Å². The van der Waals surface area contributed by atoms with Gasteiger partial charge < -0.3 is 14.6 Å². The highest BCUT2D eigenvalue weighted by atomic mass is 16.5. The summed E-state index contributed by atoms with van der Waals surface area (Å²) in [7, 11) is 1.56. The van der Waals surface area contributed by atoms with Crippen molar-refractivity contribution in [2.45, 2.75) is 37.9 Å². The highest BCUT2D eigenvalue weighted by Gasteiger charge is 2.37. The predicted octanol–water partition coefficient (Wildman–Crippen LogP) is 0.958. The van der Waals surface area contributed by atoms with E-state index >= 15 is 0 Å². The molecule has 17 heavy (non-hydrogen) atoms. The van der Waals surface area contributed by atoms with E-state index in [2.05, 4.69) is 9.97 Å². The first-order valence-corrected chi connectivity index (χ1v) is 5.81. The smallest absolute Gasteiger partial charge is 0.216 e. The number of ether oxygens (including phenoxy) is 2. The van der Waals surface area contributed by atoms with Gasteiger partial charge in [-0.3, -0.25) is 0 Å². The monoisotopic (exact) mass is 238 g/mol. The summed E-state index contributed by atoms with van der Waals surface area (Å²) in [5.41, 5.74) is 0.319. The van der Waals surface area contributed by atoms with Crippen molar-refractivity contribution in [2.75, 3.05) is 13.7 Å². The van der Waals surface area contributed by atoms with Crippen LogP contribution in [0, 0.1) is 0 Å². The van der Waals surface area contributed by atoms with E-state index in [0.29, 0.717) is 12.3 Å². The molecule has 1 N–H and O–H groups in total.